The fraction of sp³-hybridized carbons (Fsp3) is 0.824. The molecular weight excluding hydrogens is 264 g/mol. The van der Waals surface area contributed by atoms with Crippen molar-refractivity contribution in [3.63, 3.8) is 0 Å². The first kappa shape index (κ1) is 14.5. The second-order valence-corrected chi connectivity index (χ2v) is 13.4. The normalized spacial score (nSPS) is 39.6. The van der Waals surface area contributed by atoms with Crippen molar-refractivity contribution in [2.24, 2.45) is 29.6 Å². The van der Waals surface area contributed by atoms with Crippen LogP contribution in [0.2, 0.25) is 18.1 Å². The summed E-state index contributed by atoms with van der Waals surface area (Å²) < 4.78 is 6.40. The van der Waals surface area contributed by atoms with Crippen molar-refractivity contribution in [2.75, 3.05) is 6.61 Å². The fourth-order valence-electron chi connectivity index (χ4n) is 4.19. The molecule has 2 saturated carbocycles. The monoisotopic (exact) mass is 292 g/mol. The third-order valence-electron chi connectivity index (χ3n) is 6.36. The van der Waals surface area contributed by atoms with Crippen molar-refractivity contribution < 1.29 is 9.22 Å². The molecule has 3 aliphatic rings. The second-order valence-electron chi connectivity index (χ2n) is 8.55. The van der Waals surface area contributed by atoms with E-state index >= 15 is 0 Å². The number of rotatable bonds is 3. The van der Waals surface area contributed by atoms with Crippen LogP contribution in [0.1, 0.15) is 33.6 Å². The van der Waals surface area contributed by atoms with Crippen molar-refractivity contribution in [3.05, 3.63) is 12.2 Å². The average Bonchev–Trinajstić information content (AvgIpc) is 2.98. The fourth-order valence-corrected chi connectivity index (χ4v) is 5.25. The smallest absolute Gasteiger partial charge is 0.191 e. The summed E-state index contributed by atoms with van der Waals surface area (Å²) in [5, 5.41) is 0.254. The third-order valence-corrected chi connectivity index (χ3v) is 10.9. The molecule has 3 rings (SSSR count). The van der Waals surface area contributed by atoms with Crippen molar-refractivity contribution >= 4 is 14.1 Å². The summed E-state index contributed by atoms with van der Waals surface area (Å²) in [5.74, 6) is 3.11. The Balaban J connectivity index is 1.68. The molecule has 0 aromatic carbocycles. The van der Waals surface area contributed by atoms with E-state index in [-0.39, 0.29) is 5.04 Å². The van der Waals surface area contributed by atoms with E-state index in [9.17, 15) is 4.79 Å². The standard InChI is InChI=1S/C17H28O2Si/c1-17(2,3)20(4,5)19-10-13-9-14(18)16-12-7-6-11(8-12)15(13)16/h6-7,11-13,15-16H,8-10H2,1-5H3/t11-,12+,13+,15-,16+/m1/s1. The Kier molecular flexibility index (Phi) is 3.30. The van der Waals surface area contributed by atoms with Gasteiger partial charge in [0.15, 0.2) is 8.32 Å². The maximum atomic E-state index is 12.3. The van der Waals surface area contributed by atoms with E-state index in [2.05, 4.69) is 46.0 Å². The first-order valence-corrected chi connectivity index (χ1v) is 11.0. The van der Waals surface area contributed by atoms with Gasteiger partial charge in [-0.15, -0.1) is 0 Å². The predicted molar refractivity (Wildman–Crippen MR) is 84.0 cm³/mol. The quantitative estimate of drug-likeness (QED) is 0.580. The highest BCUT2D eigenvalue weighted by atomic mass is 28.4. The van der Waals surface area contributed by atoms with Gasteiger partial charge in [0.2, 0.25) is 0 Å². The van der Waals surface area contributed by atoms with Gasteiger partial charge in [-0.25, -0.2) is 0 Å². The van der Waals surface area contributed by atoms with Crippen LogP contribution in [0.3, 0.4) is 0 Å². The number of allylic oxidation sites excluding steroid dienone is 2. The molecule has 5 atom stereocenters. The Morgan fingerprint density at radius 3 is 2.55 bits per heavy atom. The summed E-state index contributed by atoms with van der Waals surface area (Å²) in [6.07, 6.45) is 6.64. The molecule has 0 heterocycles. The van der Waals surface area contributed by atoms with Gasteiger partial charge >= 0.3 is 0 Å². The Morgan fingerprint density at radius 2 is 1.90 bits per heavy atom. The Bertz CT molecular complexity index is 446. The lowest BCUT2D eigenvalue weighted by Crippen LogP contribution is -2.42. The molecule has 0 unspecified atom stereocenters. The summed E-state index contributed by atoms with van der Waals surface area (Å²) in [6, 6.07) is 0. The van der Waals surface area contributed by atoms with Crippen molar-refractivity contribution in [3.8, 4) is 0 Å². The van der Waals surface area contributed by atoms with E-state index in [1.165, 1.54) is 6.42 Å². The SMILES string of the molecule is CC(C)(C)[Si](C)(C)OC[C@@H]1CC(=O)[C@H]2[C@@H]1[C@@H]1C=C[C@H]2C1. The average molecular weight is 292 g/mol. The topological polar surface area (TPSA) is 26.3 Å². The molecule has 2 bridgehead atoms. The van der Waals surface area contributed by atoms with E-state index in [1.807, 2.05) is 0 Å². The molecule has 20 heavy (non-hydrogen) atoms. The molecule has 3 heteroatoms. The van der Waals surface area contributed by atoms with Crippen LogP contribution in [0, 0.1) is 29.6 Å². The predicted octanol–water partition coefficient (Wildman–Crippen LogP) is 4.04. The van der Waals surface area contributed by atoms with Gasteiger partial charge in [-0.2, -0.15) is 0 Å². The Labute approximate surface area is 124 Å². The van der Waals surface area contributed by atoms with Gasteiger partial charge < -0.3 is 4.43 Å². The number of ketones is 1. The van der Waals surface area contributed by atoms with E-state index in [0.29, 0.717) is 35.4 Å². The summed E-state index contributed by atoms with van der Waals surface area (Å²) in [7, 11) is -1.69. The van der Waals surface area contributed by atoms with Gasteiger partial charge in [-0.05, 0) is 48.2 Å². The van der Waals surface area contributed by atoms with E-state index in [0.717, 1.165) is 13.0 Å². The van der Waals surface area contributed by atoms with Crippen LogP contribution in [-0.4, -0.2) is 20.7 Å². The largest absolute Gasteiger partial charge is 0.417 e. The Morgan fingerprint density at radius 1 is 1.25 bits per heavy atom. The number of fused-ring (bicyclic) bond motifs is 5. The van der Waals surface area contributed by atoms with Gasteiger partial charge in [-0.1, -0.05) is 32.9 Å². The molecule has 3 aliphatic carbocycles. The molecule has 0 aromatic heterocycles. The number of carbonyl (C=O) groups is 1. The molecule has 0 aliphatic heterocycles. The lowest BCUT2D eigenvalue weighted by atomic mass is 9.81. The van der Waals surface area contributed by atoms with Crippen LogP contribution in [-0.2, 0) is 9.22 Å². The third kappa shape index (κ3) is 2.14. The summed E-state index contributed by atoms with van der Waals surface area (Å²) in [5.41, 5.74) is 0. The van der Waals surface area contributed by atoms with Crippen LogP contribution < -0.4 is 0 Å². The van der Waals surface area contributed by atoms with Gasteiger partial charge in [0, 0.05) is 18.9 Å². The lowest BCUT2D eigenvalue weighted by Gasteiger charge is -2.38. The number of hydrogen-bond acceptors (Lipinski definition) is 2. The molecule has 2 nitrogen and oxygen atoms in total. The maximum absolute atomic E-state index is 12.3. The van der Waals surface area contributed by atoms with Crippen molar-refractivity contribution in [2.45, 2.75) is 51.7 Å². The molecule has 0 radical (unpaired) electrons. The molecule has 2 fully saturated rings. The molecular formula is C17H28O2Si. The van der Waals surface area contributed by atoms with E-state index in [1.54, 1.807) is 0 Å². The lowest BCUT2D eigenvalue weighted by molar-refractivity contribution is -0.121. The zero-order valence-corrected chi connectivity index (χ0v) is 14.5. The van der Waals surface area contributed by atoms with Gasteiger partial charge in [0.1, 0.15) is 5.78 Å². The summed E-state index contributed by atoms with van der Waals surface area (Å²) >= 11 is 0. The van der Waals surface area contributed by atoms with Crippen LogP contribution >= 0.6 is 0 Å². The number of carbonyl (C=O) groups excluding carboxylic acids is 1. The minimum absolute atomic E-state index is 0.254. The molecule has 0 N–H and O–H groups in total. The van der Waals surface area contributed by atoms with Crippen molar-refractivity contribution in [1.82, 2.24) is 0 Å². The first-order valence-electron chi connectivity index (χ1n) is 8.06. The van der Waals surface area contributed by atoms with Crippen LogP contribution in [0.25, 0.3) is 0 Å². The van der Waals surface area contributed by atoms with Gasteiger partial charge in [-0.3, -0.25) is 4.79 Å². The number of hydrogen-bond donors (Lipinski definition) is 0. The first-order chi connectivity index (χ1) is 9.21. The maximum Gasteiger partial charge on any atom is 0.191 e. The molecule has 112 valence electrons. The number of Topliss-reactive ketones (excluding diaryl/α,β-unsaturated/α-hetero) is 1. The van der Waals surface area contributed by atoms with Crippen LogP contribution in [0.15, 0.2) is 12.2 Å². The van der Waals surface area contributed by atoms with Crippen LogP contribution in [0.5, 0.6) is 0 Å². The zero-order chi connectivity index (χ0) is 14.7. The molecule has 0 saturated heterocycles. The zero-order valence-electron chi connectivity index (χ0n) is 13.5. The van der Waals surface area contributed by atoms with E-state index < -0.39 is 8.32 Å². The molecule has 0 spiro atoms. The second kappa shape index (κ2) is 4.54. The van der Waals surface area contributed by atoms with E-state index in [4.69, 9.17) is 4.43 Å². The highest BCUT2D eigenvalue weighted by Gasteiger charge is 2.55. The molecule has 0 amide bonds. The highest BCUT2D eigenvalue weighted by Crippen LogP contribution is 2.56. The van der Waals surface area contributed by atoms with Gasteiger partial charge in [0.05, 0.1) is 0 Å². The summed E-state index contributed by atoms with van der Waals surface area (Å²) in [4.78, 5) is 12.3. The summed E-state index contributed by atoms with van der Waals surface area (Å²) in [6.45, 7) is 12.3. The highest BCUT2D eigenvalue weighted by molar-refractivity contribution is 6.74. The molecule has 0 aromatic rings. The minimum Gasteiger partial charge on any atom is -0.417 e. The van der Waals surface area contributed by atoms with Crippen molar-refractivity contribution in [1.29, 1.82) is 0 Å². The Hall–Kier alpha value is -0.413. The van der Waals surface area contributed by atoms with Gasteiger partial charge in [0.25, 0.3) is 0 Å². The minimum atomic E-state index is -1.69. The van der Waals surface area contributed by atoms with Crippen LogP contribution in [0.4, 0.5) is 0 Å².